The van der Waals surface area contributed by atoms with Crippen molar-refractivity contribution in [1.29, 1.82) is 0 Å². The minimum absolute atomic E-state index is 0.238. The van der Waals surface area contributed by atoms with Gasteiger partial charge in [-0.3, -0.25) is 0 Å². The van der Waals surface area contributed by atoms with Gasteiger partial charge in [0.15, 0.2) is 0 Å². The monoisotopic (exact) mass is 350 g/mol. The first-order chi connectivity index (χ1) is 8.41. The van der Waals surface area contributed by atoms with Gasteiger partial charge in [-0.05, 0) is 37.5 Å². The van der Waals surface area contributed by atoms with Gasteiger partial charge in [-0.25, -0.2) is 0 Å². The molecule has 5 unspecified atom stereocenters. The van der Waals surface area contributed by atoms with Crippen molar-refractivity contribution < 1.29 is 4.74 Å². The molecule has 1 aromatic carbocycles. The van der Waals surface area contributed by atoms with E-state index in [1.807, 2.05) is 18.2 Å². The van der Waals surface area contributed by atoms with Crippen LogP contribution in [-0.4, -0.2) is 12.2 Å². The van der Waals surface area contributed by atoms with Gasteiger partial charge in [-0.2, -0.15) is 0 Å². The van der Waals surface area contributed by atoms with Gasteiger partial charge in [0.05, 0.1) is 22.3 Å². The van der Waals surface area contributed by atoms with Gasteiger partial charge in [-0.15, -0.1) is 0 Å². The molecule has 0 aromatic heterocycles. The minimum atomic E-state index is 0.238. The largest absolute Gasteiger partial charge is 0.375 e. The molecule has 0 saturated carbocycles. The SMILES string of the molecule is CC1OC(C)C(C(Br)c2ccc(Cl)c(Cl)c2)C1C. The van der Waals surface area contributed by atoms with Crippen molar-refractivity contribution in [3.8, 4) is 0 Å². The predicted octanol–water partition coefficient (Wildman–Crippen LogP) is 5.49. The Bertz CT molecular complexity index is 438. The molecule has 1 aliphatic rings. The van der Waals surface area contributed by atoms with Crippen molar-refractivity contribution >= 4 is 39.1 Å². The van der Waals surface area contributed by atoms with E-state index >= 15 is 0 Å². The van der Waals surface area contributed by atoms with Crippen molar-refractivity contribution in [1.82, 2.24) is 0 Å². The zero-order valence-corrected chi connectivity index (χ0v) is 13.8. The highest BCUT2D eigenvalue weighted by atomic mass is 79.9. The Kier molecular flexibility index (Phi) is 4.64. The van der Waals surface area contributed by atoms with Gasteiger partial charge in [0.25, 0.3) is 0 Å². The molecule has 1 saturated heterocycles. The first-order valence-electron chi connectivity index (χ1n) is 6.16. The van der Waals surface area contributed by atoms with Gasteiger partial charge in [0.2, 0.25) is 0 Å². The lowest BCUT2D eigenvalue weighted by atomic mass is 9.84. The second kappa shape index (κ2) is 5.70. The smallest absolute Gasteiger partial charge is 0.0596 e. The number of alkyl halides is 1. The van der Waals surface area contributed by atoms with Crippen molar-refractivity contribution in [3.05, 3.63) is 33.8 Å². The van der Waals surface area contributed by atoms with E-state index in [4.69, 9.17) is 27.9 Å². The minimum Gasteiger partial charge on any atom is -0.375 e. The van der Waals surface area contributed by atoms with Crippen LogP contribution >= 0.6 is 39.1 Å². The molecule has 1 aliphatic heterocycles. The van der Waals surface area contributed by atoms with Gasteiger partial charge in [0.1, 0.15) is 0 Å². The molecule has 4 heteroatoms. The van der Waals surface area contributed by atoms with Crippen LogP contribution in [-0.2, 0) is 4.74 Å². The van der Waals surface area contributed by atoms with Gasteiger partial charge >= 0.3 is 0 Å². The highest BCUT2D eigenvalue weighted by Gasteiger charge is 2.41. The summed E-state index contributed by atoms with van der Waals surface area (Å²) in [6.07, 6.45) is 0.543. The third-order valence-electron chi connectivity index (χ3n) is 3.92. The molecule has 2 rings (SSSR count). The summed E-state index contributed by atoms with van der Waals surface area (Å²) in [6, 6.07) is 5.81. The van der Waals surface area contributed by atoms with Gasteiger partial charge in [-0.1, -0.05) is 52.1 Å². The molecule has 1 aromatic rings. The average Bonchev–Trinajstić information content (AvgIpc) is 2.56. The first-order valence-corrected chi connectivity index (χ1v) is 7.83. The number of halogens is 3. The lowest BCUT2D eigenvalue weighted by Crippen LogP contribution is -2.21. The van der Waals surface area contributed by atoms with E-state index in [1.165, 1.54) is 0 Å². The molecule has 0 amide bonds. The molecule has 0 aliphatic carbocycles. The van der Waals surface area contributed by atoms with Crippen LogP contribution in [0.1, 0.15) is 31.2 Å². The lowest BCUT2D eigenvalue weighted by molar-refractivity contribution is 0.0511. The maximum absolute atomic E-state index is 6.08. The van der Waals surface area contributed by atoms with Crippen LogP contribution in [0.5, 0.6) is 0 Å². The van der Waals surface area contributed by atoms with Crippen LogP contribution < -0.4 is 0 Å². The molecule has 0 spiro atoms. The van der Waals surface area contributed by atoms with Crippen molar-refractivity contribution in [2.45, 2.75) is 37.8 Å². The van der Waals surface area contributed by atoms with Crippen molar-refractivity contribution in [2.24, 2.45) is 11.8 Å². The molecule has 100 valence electrons. The Morgan fingerprint density at radius 1 is 1.11 bits per heavy atom. The Hall–Kier alpha value is 0.240. The number of benzene rings is 1. The molecule has 0 bridgehead atoms. The second-order valence-corrected chi connectivity index (χ2v) is 6.86. The van der Waals surface area contributed by atoms with Crippen molar-refractivity contribution in [2.75, 3.05) is 0 Å². The molecule has 0 radical (unpaired) electrons. The fraction of sp³-hybridized carbons (Fsp3) is 0.571. The molecule has 18 heavy (non-hydrogen) atoms. The summed E-state index contributed by atoms with van der Waals surface area (Å²) in [5, 5.41) is 1.20. The van der Waals surface area contributed by atoms with E-state index in [2.05, 4.69) is 36.7 Å². The summed E-state index contributed by atoms with van der Waals surface area (Å²) in [4.78, 5) is 0.238. The van der Waals surface area contributed by atoms with Crippen LogP contribution in [0.25, 0.3) is 0 Å². The lowest BCUT2D eigenvalue weighted by Gasteiger charge is -2.25. The summed E-state index contributed by atoms with van der Waals surface area (Å²) < 4.78 is 5.89. The standard InChI is InChI=1S/C14H17BrCl2O/c1-7-8(2)18-9(3)13(7)14(15)10-4-5-11(16)12(17)6-10/h4-9,13-14H,1-3H3. The molecular formula is C14H17BrCl2O. The van der Waals surface area contributed by atoms with E-state index in [0.717, 1.165) is 5.56 Å². The van der Waals surface area contributed by atoms with Crippen LogP contribution in [0.2, 0.25) is 10.0 Å². The zero-order valence-electron chi connectivity index (χ0n) is 10.7. The normalized spacial score (nSPS) is 33.7. The molecule has 1 nitrogen and oxygen atoms in total. The summed E-state index contributed by atoms with van der Waals surface area (Å²) in [6.45, 7) is 6.51. The summed E-state index contributed by atoms with van der Waals surface area (Å²) in [7, 11) is 0. The molecule has 1 fully saturated rings. The summed E-state index contributed by atoms with van der Waals surface area (Å²) in [5.41, 5.74) is 1.16. The number of ether oxygens (including phenoxy) is 1. The number of hydrogen-bond acceptors (Lipinski definition) is 1. The number of rotatable bonds is 2. The Labute approximate surface area is 127 Å². The summed E-state index contributed by atoms with van der Waals surface area (Å²) >= 11 is 15.8. The topological polar surface area (TPSA) is 9.23 Å². The van der Waals surface area contributed by atoms with E-state index in [0.29, 0.717) is 28.0 Å². The van der Waals surface area contributed by atoms with Gasteiger partial charge < -0.3 is 4.74 Å². The molecule has 0 N–H and O–H groups in total. The van der Waals surface area contributed by atoms with Gasteiger partial charge in [0, 0.05) is 10.7 Å². The maximum Gasteiger partial charge on any atom is 0.0596 e. The highest BCUT2D eigenvalue weighted by molar-refractivity contribution is 9.09. The molecular weight excluding hydrogens is 335 g/mol. The van der Waals surface area contributed by atoms with Crippen LogP contribution in [0, 0.1) is 11.8 Å². The Morgan fingerprint density at radius 2 is 1.78 bits per heavy atom. The Balaban J connectivity index is 2.25. The maximum atomic E-state index is 6.08. The average molecular weight is 352 g/mol. The molecule has 5 atom stereocenters. The van der Waals surface area contributed by atoms with E-state index in [-0.39, 0.29) is 10.9 Å². The van der Waals surface area contributed by atoms with Crippen LogP contribution in [0.15, 0.2) is 18.2 Å². The third kappa shape index (κ3) is 2.72. The second-order valence-electron chi connectivity index (χ2n) is 5.06. The van der Waals surface area contributed by atoms with E-state index in [9.17, 15) is 0 Å². The fourth-order valence-corrected chi connectivity index (χ4v) is 4.21. The highest BCUT2D eigenvalue weighted by Crippen LogP contribution is 2.45. The predicted molar refractivity (Wildman–Crippen MR) is 80.8 cm³/mol. The first kappa shape index (κ1) is 14.6. The summed E-state index contributed by atoms with van der Waals surface area (Å²) in [5.74, 6) is 0.955. The zero-order chi connectivity index (χ0) is 13.4. The Morgan fingerprint density at radius 3 is 2.28 bits per heavy atom. The van der Waals surface area contributed by atoms with Crippen LogP contribution in [0.4, 0.5) is 0 Å². The van der Waals surface area contributed by atoms with E-state index < -0.39 is 0 Å². The number of hydrogen-bond donors (Lipinski definition) is 0. The van der Waals surface area contributed by atoms with Crippen molar-refractivity contribution in [3.63, 3.8) is 0 Å². The third-order valence-corrected chi connectivity index (χ3v) is 5.80. The van der Waals surface area contributed by atoms with Crippen LogP contribution in [0.3, 0.4) is 0 Å². The molecule has 1 heterocycles. The quantitative estimate of drug-likeness (QED) is 0.640. The fourth-order valence-electron chi connectivity index (χ4n) is 2.70. The van der Waals surface area contributed by atoms with E-state index in [1.54, 1.807) is 0 Å².